The summed E-state index contributed by atoms with van der Waals surface area (Å²) >= 11 is 0. The van der Waals surface area contributed by atoms with Gasteiger partial charge in [0.15, 0.2) is 0 Å². The highest BCUT2D eigenvalue weighted by molar-refractivity contribution is 5.85. The number of amides is 1. The van der Waals surface area contributed by atoms with Crippen LogP contribution in [0.25, 0.3) is 5.65 Å². The Morgan fingerprint density at radius 3 is 3.00 bits per heavy atom. The Morgan fingerprint density at radius 2 is 2.30 bits per heavy atom. The van der Waals surface area contributed by atoms with E-state index in [0.29, 0.717) is 18.9 Å². The monoisotopic (exact) mass is 358 g/mol. The van der Waals surface area contributed by atoms with Gasteiger partial charge in [-0.1, -0.05) is 6.07 Å². The van der Waals surface area contributed by atoms with Gasteiger partial charge in [0, 0.05) is 18.8 Å². The Kier molecular flexibility index (Phi) is 7.82. The zero-order valence-electron chi connectivity index (χ0n) is 13.2. The van der Waals surface area contributed by atoms with E-state index in [0.717, 1.165) is 36.4 Å². The number of carbonyl (C=O) groups is 1. The molecule has 1 fully saturated rings. The van der Waals surface area contributed by atoms with E-state index in [-0.39, 0.29) is 30.7 Å². The van der Waals surface area contributed by atoms with Crippen LogP contribution in [0.4, 0.5) is 0 Å². The lowest BCUT2D eigenvalue weighted by atomic mass is 10.0. The number of aromatic nitrogens is 2. The number of halogens is 2. The molecule has 1 amide bonds. The molecule has 1 unspecified atom stereocenters. The lowest BCUT2D eigenvalue weighted by Crippen LogP contribution is -2.23. The molecular formula is C16H24Cl2N4O. The van der Waals surface area contributed by atoms with Gasteiger partial charge in [0.05, 0.1) is 12.2 Å². The zero-order valence-corrected chi connectivity index (χ0v) is 14.9. The Morgan fingerprint density at radius 1 is 1.48 bits per heavy atom. The van der Waals surface area contributed by atoms with E-state index in [2.05, 4.69) is 15.6 Å². The lowest BCUT2D eigenvalue weighted by Gasteiger charge is -2.07. The summed E-state index contributed by atoms with van der Waals surface area (Å²) in [5.74, 6) is 0.782. The average molecular weight is 359 g/mol. The van der Waals surface area contributed by atoms with Crippen LogP contribution in [0.5, 0.6) is 0 Å². The van der Waals surface area contributed by atoms with Crippen molar-refractivity contribution in [1.82, 2.24) is 20.0 Å². The van der Waals surface area contributed by atoms with E-state index in [9.17, 15) is 4.79 Å². The molecule has 0 aromatic carbocycles. The third kappa shape index (κ3) is 5.09. The van der Waals surface area contributed by atoms with Crippen LogP contribution < -0.4 is 10.6 Å². The van der Waals surface area contributed by atoms with E-state index in [1.165, 1.54) is 6.42 Å². The second-order valence-electron chi connectivity index (χ2n) is 5.83. The highest BCUT2D eigenvalue weighted by Gasteiger charge is 2.15. The maximum atomic E-state index is 11.9. The van der Waals surface area contributed by atoms with Crippen LogP contribution in [-0.2, 0) is 11.3 Å². The molecule has 3 rings (SSSR count). The van der Waals surface area contributed by atoms with E-state index < -0.39 is 0 Å². The quantitative estimate of drug-likeness (QED) is 0.863. The van der Waals surface area contributed by atoms with Gasteiger partial charge in [0.2, 0.25) is 5.91 Å². The second-order valence-corrected chi connectivity index (χ2v) is 5.83. The summed E-state index contributed by atoms with van der Waals surface area (Å²) in [5.41, 5.74) is 3.00. The van der Waals surface area contributed by atoms with Crippen molar-refractivity contribution in [2.45, 2.75) is 32.7 Å². The third-order valence-corrected chi connectivity index (χ3v) is 4.14. The van der Waals surface area contributed by atoms with Crippen molar-refractivity contribution in [3.63, 3.8) is 0 Å². The van der Waals surface area contributed by atoms with Crippen LogP contribution in [0.2, 0.25) is 0 Å². The first kappa shape index (κ1) is 19.7. The molecule has 2 aromatic heterocycles. The number of imidazole rings is 1. The van der Waals surface area contributed by atoms with Crippen molar-refractivity contribution >= 4 is 36.4 Å². The standard InChI is InChI=1S/C16H22N4O.2ClH/c1-12-3-2-8-20-11-14(19-16(12)20)10-18-15(21)5-4-13-6-7-17-9-13;;/h2-3,8,11,13,17H,4-7,9-10H2,1H3,(H,18,21);2*1H. The molecule has 2 N–H and O–H groups in total. The van der Waals surface area contributed by atoms with Gasteiger partial charge in [0.1, 0.15) is 5.65 Å². The van der Waals surface area contributed by atoms with Crippen LogP contribution in [0.3, 0.4) is 0 Å². The molecule has 0 aliphatic carbocycles. The fourth-order valence-electron chi connectivity index (χ4n) is 2.86. The summed E-state index contributed by atoms with van der Waals surface area (Å²) in [4.78, 5) is 16.4. The van der Waals surface area contributed by atoms with Crippen molar-refractivity contribution in [2.24, 2.45) is 5.92 Å². The van der Waals surface area contributed by atoms with Gasteiger partial charge in [-0.15, -0.1) is 24.8 Å². The Hall–Kier alpha value is -1.30. The number of rotatable bonds is 5. The Balaban J connectivity index is 0.00000132. The van der Waals surface area contributed by atoms with Crippen molar-refractivity contribution < 1.29 is 4.79 Å². The second kappa shape index (κ2) is 9.11. The fourth-order valence-corrected chi connectivity index (χ4v) is 2.86. The first-order valence-electron chi connectivity index (χ1n) is 7.63. The van der Waals surface area contributed by atoms with Gasteiger partial charge >= 0.3 is 0 Å². The van der Waals surface area contributed by atoms with Gasteiger partial charge in [-0.3, -0.25) is 4.79 Å². The highest BCUT2D eigenvalue weighted by atomic mass is 35.5. The minimum atomic E-state index is 0. The van der Waals surface area contributed by atoms with Gasteiger partial charge < -0.3 is 15.0 Å². The largest absolute Gasteiger partial charge is 0.350 e. The van der Waals surface area contributed by atoms with Crippen LogP contribution in [0, 0.1) is 12.8 Å². The summed E-state index contributed by atoms with van der Waals surface area (Å²) in [6.07, 6.45) is 6.73. The summed E-state index contributed by atoms with van der Waals surface area (Å²) in [5, 5.41) is 6.30. The number of carbonyl (C=O) groups excluding carboxylic acids is 1. The fraction of sp³-hybridized carbons (Fsp3) is 0.500. The molecule has 0 radical (unpaired) electrons. The van der Waals surface area contributed by atoms with E-state index in [1.807, 2.05) is 35.9 Å². The number of aryl methyl sites for hydroxylation is 1. The molecule has 1 saturated heterocycles. The van der Waals surface area contributed by atoms with Crippen molar-refractivity contribution in [3.8, 4) is 0 Å². The normalized spacial score (nSPS) is 16.7. The molecule has 0 bridgehead atoms. The number of nitrogens with one attached hydrogen (secondary N) is 2. The lowest BCUT2D eigenvalue weighted by molar-refractivity contribution is -0.121. The summed E-state index contributed by atoms with van der Waals surface area (Å²) in [6, 6.07) is 4.04. The molecule has 128 valence electrons. The molecule has 3 heterocycles. The minimum Gasteiger partial charge on any atom is -0.350 e. The summed E-state index contributed by atoms with van der Waals surface area (Å²) in [7, 11) is 0. The number of fused-ring (bicyclic) bond motifs is 1. The predicted molar refractivity (Wildman–Crippen MR) is 96.5 cm³/mol. The Bertz CT molecular complexity index is 638. The molecule has 0 saturated carbocycles. The number of pyridine rings is 1. The molecule has 1 aliphatic rings. The van der Waals surface area contributed by atoms with Crippen molar-refractivity contribution in [2.75, 3.05) is 13.1 Å². The SMILES string of the molecule is Cc1cccn2cc(CNC(=O)CCC3CCNC3)nc12.Cl.Cl. The summed E-state index contributed by atoms with van der Waals surface area (Å²) < 4.78 is 2.00. The minimum absolute atomic E-state index is 0. The first-order valence-corrected chi connectivity index (χ1v) is 7.63. The first-order chi connectivity index (χ1) is 10.2. The summed E-state index contributed by atoms with van der Waals surface area (Å²) in [6.45, 7) is 4.69. The van der Waals surface area contributed by atoms with Gasteiger partial charge in [-0.05, 0) is 50.4 Å². The van der Waals surface area contributed by atoms with E-state index in [1.54, 1.807) is 0 Å². The zero-order chi connectivity index (χ0) is 14.7. The highest BCUT2D eigenvalue weighted by Crippen LogP contribution is 2.14. The molecule has 1 aliphatic heterocycles. The van der Waals surface area contributed by atoms with Crippen LogP contribution >= 0.6 is 24.8 Å². The molecule has 7 heteroatoms. The van der Waals surface area contributed by atoms with Crippen molar-refractivity contribution in [3.05, 3.63) is 35.8 Å². The molecule has 2 aromatic rings. The van der Waals surface area contributed by atoms with E-state index >= 15 is 0 Å². The molecule has 5 nitrogen and oxygen atoms in total. The maximum Gasteiger partial charge on any atom is 0.220 e. The third-order valence-electron chi connectivity index (χ3n) is 4.14. The Labute approximate surface area is 149 Å². The topological polar surface area (TPSA) is 58.4 Å². The van der Waals surface area contributed by atoms with Crippen LogP contribution in [0.15, 0.2) is 24.5 Å². The average Bonchev–Trinajstić information content (AvgIpc) is 3.12. The predicted octanol–water partition coefficient (Wildman–Crippen LogP) is 2.49. The number of hydrogen-bond donors (Lipinski definition) is 2. The van der Waals surface area contributed by atoms with Crippen LogP contribution in [-0.4, -0.2) is 28.4 Å². The maximum absolute atomic E-state index is 11.9. The number of nitrogens with zero attached hydrogens (tertiary/aromatic N) is 2. The molecular weight excluding hydrogens is 335 g/mol. The van der Waals surface area contributed by atoms with Gasteiger partial charge in [-0.25, -0.2) is 4.98 Å². The molecule has 0 spiro atoms. The molecule has 1 atom stereocenters. The smallest absolute Gasteiger partial charge is 0.220 e. The van der Waals surface area contributed by atoms with E-state index in [4.69, 9.17) is 0 Å². The van der Waals surface area contributed by atoms with Gasteiger partial charge in [0.25, 0.3) is 0 Å². The number of hydrogen-bond acceptors (Lipinski definition) is 3. The molecule has 23 heavy (non-hydrogen) atoms. The van der Waals surface area contributed by atoms with Gasteiger partial charge in [-0.2, -0.15) is 0 Å². The van der Waals surface area contributed by atoms with Crippen molar-refractivity contribution in [1.29, 1.82) is 0 Å². The van der Waals surface area contributed by atoms with Crippen LogP contribution in [0.1, 0.15) is 30.5 Å².